The molecule has 0 aliphatic heterocycles. The molecule has 0 aromatic heterocycles. The third kappa shape index (κ3) is 4.15. The Balaban J connectivity index is 2.63. The van der Waals surface area contributed by atoms with Crippen LogP contribution in [0.4, 0.5) is 0 Å². The van der Waals surface area contributed by atoms with Gasteiger partial charge in [-0.3, -0.25) is 4.79 Å². The smallest absolute Gasteiger partial charge is 0.316 e. The minimum atomic E-state index is -0.196. The van der Waals surface area contributed by atoms with E-state index >= 15 is 0 Å². The molecule has 0 radical (unpaired) electrons. The molecule has 0 atom stereocenters. The van der Waals surface area contributed by atoms with Crippen molar-refractivity contribution in [3.8, 4) is 0 Å². The molecule has 3 nitrogen and oxygen atoms in total. The summed E-state index contributed by atoms with van der Waals surface area (Å²) in [4.78, 5) is 12.2. The maximum Gasteiger partial charge on any atom is 0.316 e. The van der Waals surface area contributed by atoms with E-state index in [9.17, 15) is 4.79 Å². The summed E-state index contributed by atoms with van der Waals surface area (Å²) in [5, 5.41) is 0. The molecule has 0 saturated heterocycles. The molecule has 1 rings (SSSR count). The summed E-state index contributed by atoms with van der Waals surface area (Å²) in [5.41, 5.74) is 6.67. The number of ether oxygens (including phenoxy) is 1. The zero-order valence-corrected chi connectivity index (χ0v) is 11.4. The maximum absolute atomic E-state index is 11.2. The molecule has 16 heavy (non-hydrogen) atoms. The van der Waals surface area contributed by atoms with Crippen LogP contribution in [-0.2, 0) is 16.1 Å². The predicted octanol–water partition coefficient (Wildman–Crippen LogP) is 2.56. The van der Waals surface area contributed by atoms with Crippen LogP contribution in [0.15, 0.2) is 27.6 Å². The standard InChI is InChI=1S/C11H14BrNO2S/c1-2-15-11(14)7-16-10-4-3-9(12)5-8(10)6-13/h3-5H,2,6-7,13H2,1H3. The third-order valence-electron chi connectivity index (χ3n) is 1.89. The zero-order valence-electron chi connectivity index (χ0n) is 9.03. The van der Waals surface area contributed by atoms with E-state index in [1.54, 1.807) is 6.92 Å². The molecular weight excluding hydrogens is 290 g/mol. The van der Waals surface area contributed by atoms with E-state index in [0.29, 0.717) is 18.9 Å². The molecule has 0 aliphatic carbocycles. The number of nitrogens with two attached hydrogens (primary N) is 1. The average Bonchev–Trinajstić information content (AvgIpc) is 2.27. The number of hydrogen-bond donors (Lipinski definition) is 1. The first-order valence-corrected chi connectivity index (χ1v) is 6.72. The molecule has 0 saturated carbocycles. The van der Waals surface area contributed by atoms with Crippen molar-refractivity contribution >= 4 is 33.7 Å². The molecule has 88 valence electrons. The number of halogens is 1. The quantitative estimate of drug-likeness (QED) is 0.671. The SMILES string of the molecule is CCOC(=O)CSc1ccc(Br)cc1CN. The van der Waals surface area contributed by atoms with Crippen LogP contribution in [0.25, 0.3) is 0 Å². The summed E-state index contributed by atoms with van der Waals surface area (Å²) in [6.45, 7) is 2.68. The van der Waals surface area contributed by atoms with Crippen LogP contribution in [0, 0.1) is 0 Å². The fraction of sp³-hybridized carbons (Fsp3) is 0.364. The fourth-order valence-electron chi connectivity index (χ4n) is 1.19. The maximum atomic E-state index is 11.2. The summed E-state index contributed by atoms with van der Waals surface area (Å²) in [6, 6.07) is 5.86. The topological polar surface area (TPSA) is 52.3 Å². The normalized spacial score (nSPS) is 10.2. The first-order chi connectivity index (χ1) is 7.67. The molecule has 0 amide bonds. The Morgan fingerprint density at radius 3 is 2.94 bits per heavy atom. The van der Waals surface area contributed by atoms with Crippen LogP contribution in [0.2, 0.25) is 0 Å². The number of hydrogen-bond acceptors (Lipinski definition) is 4. The predicted molar refractivity (Wildman–Crippen MR) is 69.4 cm³/mol. The molecule has 0 bridgehead atoms. The lowest BCUT2D eigenvalue weighted by Gasteiger charge is -2.07. The number of benzene rings is 1. The van der Waals surface area contributed by atoms with Gasteiger partial charge >= 0.3 is 5.97 Å². The Hall–Kier alpha value is -0.520. The highest BCUT2D eigenvalue weighted by Crippen LogP contribution is 2.25. The molecule has 2 N–H and O–H groups in total. The summed E-state index contributed by atoms with van der Waals surface area (Å²) in [6.07, 6.45) is 0. The van der Waals surface area contributed by atoms with Crippen LogP contribution >= 0.6 is 27.7 Å². The van der Waals surface area contributed by atoms with E-state index in [4.69, 9.17) is 10.5 Å². The van der Waals surface area contributed by atoms with Gasteiger partial charge in [0.05, 0.1) is 12.4 Å². The van der Waals surface area contributed by atoms with Gasteiger partial charge < -0.3 is 10.5 Å². The summed E-state index contributed by atoms with van der Waals surface area (Å²) < 4.78 is 5.85. The summed E-state index contributed by atoms with van der Waals surface area (Å²) in [5.74, 6) is 0.126. The molecule has 1 aromatic rings. The fourth-order valence-corrected chi connectivity index (χ4v) is 2.44. The van der Waals surface area contributed by atoms with E-state index in [1.807, 2.05) is 18.2 Å². The van der Waals surface area contributed by atoms with Gasteiger partial charge in [-0.1, -0.05) is 15.9 Å². The van der Waals surface area contributed by atoms with Crippen molar-refractivity contribution in [2.75, 3.05) is 12.4 Å². The number of rotatable bonds is 5. The van der Waals surface area contributed by atoms with E-state index in [2.05, 4.69) is 15.9 Å². The largest absolute Gasteiger partial charge is 0.465 e. The van der Waals surface area contributed by atoms with Gasteiger partial charge in [0.2, 0.25) is 0 Å². The van der Waals surface area contributed by atoms with Gasteiger partial charge in [-0.25, -0.2) is 0 Å². The molecule has 0 spiro atoms. The molecule has 0 unspecified atom stereocenters. The van der Waals surface area contributed by atoms with Crippen molar-refractivity contribution in [3.05, 3.63) is 28.2 Å². The molecule has 0 aliphatic rings. The summed E-state index contributed by atoms with van der Waals surface area (Å²) in [7, 11) is 0. The highest BCUT2D eigenvalue weighted by molar-refractivity contribution is 9.10. The second-order valence-electron chi connectivity index (χ2n) is 3.05. The van der Waals surface area contributed by atoms with Crippen LogP contribution < -0.4 is 5.73 Å². The van der Waals surface area contributed by atoms with Gasteiger partial charge in [0.15, 0.2) is 0 Å². The zero-order chi connectivity index (χ0) is 12.0. The van der Waals surface area contributed by atoms with Crippen molar-refractivity contribution in [2.45, 2.75) is 18.4 Å². The van der Waals surface area contributed by atoms with Crippen LogP contribution in [-0.4, -0.2) is 18.3 Å². The van der Waals surface area contributed by atoms with Gasteiger partial charge in [-0.05, 0) is 30.7 Å². The van der Waals surface area contributed by atoms with Crippen molar-refractivity contribution in [1.82, 2.24) is 0 Å². The average molecular weight is 304 g/mol. The lowest BCUT2D eigenvalue weighted by molar-refractivity contribution is -0.139. The van der Waals surface area contributed by atoms with E-state index in [-0.39, 0.29) is 5.97 Å². The van der Waals surface area contributed by atoms with Gasteiger partial charge in [0, 0.05) is 15.9 Å². The van der Waals surface area contributed by atoms with Crippen molar-refractivity contribution in [2.24, 2.45) is 5.73 Å². The lowest BCUT2D eigenvalue weighted by atomic mass is 10.2. The van der Waals surface area contributed by atoms with Gasteiger partial charge in [-0.15, -0.1) is 11.8 Å². The Bertz CT molecular complexity index is 371. The van der Waals surface area contributed by atoms with Crippen molar-refractivity contribution in [1.29, 1.82) is 0 Å². The second-order valence-corrected chi connectivity index (χ2v) is 4.98. The van der Waals surface area contributed by atoms with E-state index < -0.39 is 0 Å². The number of thioether (sulfide) groups is 1. The first kappa shape index (κ1) is 13.5. The minimum absolute atomic E-state index is 0.196. The molecule has 0 fully saturated rings. The van der Waals surface area contributed by atoms with Gasteiger partial charge in [0.25, 0.3) is 0 Å². The van der Waals surface area contributed by atoms with Gasteiger partial charge in [0.1, 0.15) is 0 Å². The number of carbonyl (C=O) groups is 1. The molecule has 5 heteroatoms. The van der Waals surface area contributed by atoms with Crippen molar-refractivity contribution in [3.63, 3.8) is 0 Å². The number of carbonyl (C=O) groups excluding carboxylic acids is 1. The minimum Gasteiger partial charge on any atom is -0.465 e. The Labute approximate surface area is 108 Å². The molecular formula is C11H14BrNO2S. The highest BCUT2D eigenvalue weighted by Gasteiger charge is 2.06. The van der Waals surface area contributed by atoms with Gasteiger partial charge in [-0.2, -0.15) is 0 Å². The van der Waals surface area contributed by atoms with Crippen LogP contribution in [0.5, 0.6) is 0 Å². The lowest BCUT2D eigenvalue weighted by Crippen LogP contribution is -2.07. The second kappa shape index (κ2) is 6.93. The molecule has 0 heterocycles. The van der Waals surface area contributed by atoms with Crippen LogP contribution in [0.3, 0.4) is 0 Å². The number of esters is 1. The van der Waals surface area contributed by atoms with E-state index in [0.717, 1.165) is 14.9 Å². The third-order valence-corrected chi connectivity index (χ3v) is 3.48. The Morgan fingerprint density at radius 1 is 1.56 bits per heavy atom. The summed E-state index contributed by atoms with van der Waals surface area (Å²) >= 11 is 4.84. The Kier molecular flexibility index (Phi) is 5.87. The Morgan fingerprint density at radius 2 is 2.31 bits per heavy atom. The monoisotopic (exact) mass is 303 g/mol. The van der Waals surface area contributed by atoms with Crippen molar-refractivity contribution < 1.29 is 9.53 Å². The van der Waals surface area contributed by atoms with Crippen LogP contribution in [0.1, 0.15) is 12.5 Å². The van der Waals surface area contributed by atoms with E-state index in [1.165, 1.54) is 11.8 Å². The molecule has 1 aromatic carbocycles. The first-order valence-electron chi connectivity index (χ1n) is 4.94. The highest BCUT2D eigenvalue weighted by atomic mass is 79.9.